The molecule has 0 heterocycles. The SMILES string of the molecule is CCCOC1Cc2cc(CC)c(C(C)=O)cc2C1. The van der Waals surface area contributed by atoms with Crippen LogP contribution < -0.4 is 0 Å². The molecule has 0 spiro atoms. The van der Waals surface area contributed by atoms with E-state index in [4.69, 9.17) is 4.74 Å². The lowest BCUT2D eigenvalue weighted by molar-refractivity contribution is 0.0612. The second kappa shape index (κ2) is 5.66. The van der Waals surface area contributed by atoms with E-state index < -0.39 is 0 Å². The van der Waals surface area contributed by atoms with Crippen LogP contribution in [0.5, 0.6) is 0 Å². The van der Waals surface area contributed by atoms with Crippen molar-refractivity contribution in [2.45, 2.75) is 52.6 Å². The second-order valence-electron chi connectivity index (χ2n) is 5.09. The number of rotatable bonds is 5. The van der Waals surface area contributed by atoms with E-state index in [0.717, 1.165) is 37.9 Å². The normalized spacial score (nSPS) is 17.8. The Hall–Kier alpha value is -1.15. The largest absolute Gasteiger partial charge is 0.378 e. The minimum atomic E-state index is 0.174. The molecule has 1 aromatic rings. The van der Waals surface area contributed by atoms with Gasteiger partial charge in [-0.1, -0.05) is 19.9 Å². The number of aryl methyl sites for hydroxylation is 1. The first-order valence-electron chi connectivity index (χ1n) is 6.92. The van der Waals surface area contributed by atoms with Gasteiger partial charge in [0.1, 0.15) is 0 Å². The van der Waals surface area contributed by atoms with Crippen molar-refractivity contribution < 1.29 is 9.53 Å². The molecule has 18 heavy (non-hydrogen) atoms. The zero-order valence-corrected chi connectivity index (χ0v) is 11.6. The number of ether oxygens (including phenoxy) is 1. The summed E-state index contributed by atoms with van der Waals surface area (Å²) in [5, 5.41) is 0. The fraction of sp³-hybridized carbons (Fsp3) is 0.562. The van der Waals surface area contributed by atoms with Crippen LogP contribution in [-0.2, 0) is 24.0 Å². The van der Waals surface area contributed by atoms with Crippen molar-refractivity contribution in [3.05, 3.63) is 34.4 Å². The van der Waals surface area contributed by atoms with Gasteiger partial charge in [-0.25, -0.2) is 0 Å². The molecule has 1 unspecified atom stereocenters. The van der Waals surface area contributed by atoms with Crippen LogP contribution in [0.1, 0.15) is 54.2 Å². The Bertz CT molecular complexity index is 449. The number of Topliss-reactive ketones (excluding diaryl/α,β-unsaturated/α-hetero) is 1. The summed E-state index contributed by atoms with van der Waals surface area (Å²) in [6.45, 7) is 6.72. The quantitative estimate of drug-likeness (QED) is 0.745. The number of carbonyl (C=O) groups is 1. The molecule has 2 heteroatoms. The van der Waals surface area contributed by atoms with Crippen LogP contribution in [0.15, 0.2) is 12.1 Å². The molecule has 0 saturated carbocycles. The van der Waals surface area contributed by atoms with Gasteiger partial charge in [-0.2, -0.15) is 0 Å². The first kappa shape index (κ1) is 13.3. The highest BCUT2D eigenvalue weighted by atomic mass is 16.5. The molecule has 1 aromatic carbocycles. The van der Waals surface area contributed by atoms with Crippen molar-refractivity contribution in [1.82, 2.24) is 0 Å². The molecule has 98 valence electrons. The van der Waals surface area contributed by atoms with Gasteiger partial charge in [-0.05, 0) is 55.4 Å². The fourth-order valence-corrected chi connectivity index (χ4v) is 2.71. The van der Waals surface area contributed by atoms with E-state index in [1.54, 1.807) is 6.92 Å². The van der Waals surface area contributed by atoms with Gasteiger partial charge >= 0.3 is 0 Å². The predicted octanol–water partition coefficient (Wildman–Crippen LogP) is 3.35. The molecule has 0 fully saturated rings. The topological polar surface area (TPSA) is 26.3 Å². The van der Waals surface area contributed by atoms with Crippen LogP contribution in [0.25, 0.3) is 0 Å². The highest BCUT2D eigenvalue weighted by Gasteiger charge is 2.23. The Morgan fingerprint density at radius 2 is 1.94 bits per heavy atom. The number of hydrogen-bond acceptors (Lipinski definition) is 2. The Morgan fingerprint density at radius 3 is 2.50 bits per heavy atom. The van der Waals surface area contributed by atoms with Crippen molar-refractivity contribution >= 4 is 5.78 Å². The Morgan fingerprint density at radius 1 is 1.28 bits per heavy atom. The third-order valence-corrected chi connectivity index (χ3v) is 3.64. The van der Waals surface area contributed by atoms with Crippen molar-refractivity contribution in [2.24, 2.45) is 0 Å². The standard InChI is InChI=1S/C16H22O2/c1-4-6-18-15-8-13-7-12(5-2)16(11(3)17)10-14(13)9-15/h7,10,15H,4-6,8-9H2,1-3H3. The summed E-state index contributed by atoms with van der Waals surface area (Å²) in [6, 6.07) is 4.30. The Labute approximate surface area is 109 Å². The van der Waals surface area contributed by atoms with E-state index in [1.165, 1.54) is 16.7 Å². The molecule has 2 rings (SSSR count). The van der Waals surface area contributed by atoms with Crippen molar-refractivity contribution in [3.63, 3.8) is 0 Å². The van der Waals surface area contributed by atoms with Gasteiger partial charge in [-0.15, -0.1) is 0 Å². The number of benzene rings is 1. The first-order chi connectivity index (χ1) is 8.65. The van der Waals surface area contributed by atoms with Gasteiger partial charge in [0.05, 0.1) is 6.10 Å². The van der Waals surface area contributed by atoms with Gasteiger partial charge < -0.3 is 4.74 Å². The average Bonchev–Trinajstić information content (AvgIpc) is 2.76. The molecule has 0 N–H and O–H groups in total. The Balaban J connectivity index is 2.22. The Kier molecular flexibility index (Phi) is 4.18. The maximum Gasteiger partial charge on any atom is 0.160 e. The van der Waals surface area contributed by atoms with Gasteiger partial charge in [-0.3, -0.25) is 4.79 Å². The molecule has 0 bridgehead atoms. The molecule has 1 aliphatic carbocycles. The lowest BCUT2D eigenvalue weighted by Gasteiger charge is -2.09. The van der Waals surface area contributed by atoms with Crippen LogP contribution in [0.3, 0.4) is 0 Å². The van der Waals surface area contributed by atoms with Crippen LogP contribution in [0, 0.1) is 0 Å². The predicted molar refractivity (Wildman–Crippen MR) is 73.3 cm³/mol. The number of fused-ring (bicyclic) bond motifs is 1. The van der Waals surface area contributed by atoms with Crippen LogP contribution >= 0.6 is 0 Å². The molecule has 0 amide bonds. The zero-order chi connectivity index (χ0) is 13.1. The molecule has 2 nitrogen and oxygen atoms in total. The minimum absolute atomic E-state index is 0.174. The van der Waals surface area contributed by atoms with Crippen LogP contribution in [0.2, 0.25) is 0 Å². The summed E-state index contributed by atoms with van der Waals surface area (Å²) in [5.74, 6) is 0.174. The molecule has 1 atom stereocenters. The van der Waals surface area contributed by atoms with Crippen LogP contribution in [-0.4, -0.2) is 18.5 Å². The molecule has 0 saturated heterocycles. The average molecular weight is 246 g/mol. The molecule has 1 aliphatic rings. The van der Waals surface area contributed by atoms with Crippen molar-refractivity contribution in [2.75, 3.05) is 6.61 Å². The molecule has 0 aliphatic heterocycles. The lowest BCUT2D eigenvalue weighted by Crippen LogP contribution is -2.13. The van der Waals surface area contributed by atoms with E-state index in [0.29, 0.717) is 6.10 Å². The number of hydrogen-bond donors (Lipinski definition) is 0. The van der Waals surface area contributed by atoms with E-state index in [2.05, 4.69) is 26.0 Å². The lowest BCUT2D eigenvalue weighted by atomic mass is 9.96. The van der Waals surface area contributed by atoms with Crippen molar-refractivity contribution in [3.8, 4) is 0 Å². The summed E-state index contributed by atoms with van der Waals surface area (Å²) < 4.78 is 5.82. The number of carbonyl (C=O) groups excluding carboxylic acids is 1. The summed E-state index contributed by atoms with van der Waals surface area (Å²) >= 11 is 0. The second-order valence-corrected chi connectivity index (χ2v) is 5.09. The summed E-state index contributed by atoms with van der Waals surface area (Å²) in [7, 11) is 0. The molecular weight excluding hydrogens is 224 g/mol. The number of ketones is 1. The third-order valence-electron chi connectivity index (χ3n) is 3.64. The van der Waals surface area contributed by atoms with E-state index in [-0.39, 0.29) is 5.78 Å². The highest BCUT2D eigenvalue weighted by molar-refractivity contribution is 5.96. The van der Waals surface area contributed by atoms with E-state index >= 15 is 0 Å². The van der Waals surface area contributed by atoms with Gasteiger partial charge in [0, 0.05) is 12.2 Å². The van der Waals surface area contributed by atoms with Gasteiger partial charge in [0.2, 0.25) is 0 Å². The molecule has 0 aromatic heterocycles. The monoisotopic (exact) mass is 246 g/mol. The fourth-order valence-electron chi connectivity index (χ4n) is 2.71. The van der Waals surface area contributed by atoms with Gasteiger partial charge in [0.25, 0.3) is 0 Å². The summed E-state index contributed by atoms with van der Waals surface area (Å²) in [5.41, 5.74) is 4.75. The third kappa shape index (κ3) is 2.64. The smallest absolute Gasteiger partial charge is 0.160 e. The first-order valence-corrected chi connectivity index (χ1v) is 6.92. The highest BCUT2D eigenvalue weighted by Crippen LogP contribution is 2.28. The molecule has 0 radical (unpaired) electrons. The molecular formula is C16H22O2. The summed E-state index contributed by atoms with van der Waals surface area (Å²) in [4.78, 5) is 11.6. The van der Waals surface area contributed by atoms with Crippen LogP contribution in [0.4, 0.5) is 0 Å². The summed E-state index contributed by atoms with van der Waals surface area (Å²) in [6.07, 6.45) is 4.25. The maximum absolute atomic E-state index is 11.6. The van der Waals surface area contributed by atoms with Crippen molar-refractivity contribution in [1.29, 1.82) is 0 Å². The zero-order valence-electron chi connectivity index (χ0n) is 11.6. The van der Waals surface area contributed by atoms with E-state index in [1.807, 2.05) is 0 Å². The van der Waals surface area contributed by atoms with E-state index in [9.17, 15) is 4.79 Å². The van der Waals surface area contributed by atoms with Gasteiger partial charge in [0.15, 0.2) is 5.78 Å². The minimum Gasteiger partial charge on any atom is -0.378 e. The maximum atomic E-state index is 11.6.